The molecular formula is C34H29Cl2NO5PS+. The molecule has 0 aromatic heterocycles. The van der Waals surface area contributed by atoms with Crippen LogP contribution in [0.3, 0.4) is 0 Å². The Morgan fingerprint density at radius 2 is 1.05 bits per heavy atom. The summed E-state index contributed by atoms with van der Waals surface area (Å²) in [6.45, 7) is 2.06. The van der Waals surface area contributed by atoms with Gasteiger partial charge in [-0.2, -0.15) is 14.0 Å². The molecule has 5 aromatic carbocycles. The Bertz CT molecular complexity index is 1570. The van der Waals surface area contributed by atoms with E-state index >= 15 is 0 Å². The number of benzene rings is 5. The summed E-state index contributed by atoms with van der Waals surface area (Å²) in [6.07, 6.45) is 0. The average molecular weight is 666 g/mol. The number of amides is 1. The summed E-state index contributed by atoms with van der Waals surface area (Å²) in [6, 6.07) is 48.8. The maximum absolute atomic E-state index is 13.8. The maximum atomic E-state index is 13.8. The van der Waals surface area contributed by atoms with Gasteiger partial charge in [0, 0.05) is 10.5 Å². The molecule has 1 amide bonds. The van der Waals surface area contributed by atoms with Crippen LogP contribution in [-0.4, -0.2) is 10.6 Å². The molecule has 6 nitrogen and oxygen atoms in total. The minimum absolute atomic E-state index is 0.194. The third kappa shape index (κ3) is 8.79. The Morgan fingerprint density at radius 3 is 1.43 bits per heavy atom. The van der Waals surface area contributed by atoms with E-state index in [1.54, 1.807) is 0 Å². The van der Waals surface area contributed by atoms with E-state index in [2.05, 4.69) is 72.9 Å². The molecule has 0 spiro atoms. The zero-order valence-electron chi connectivity index (χ0n) is 23.5. The Balaban J connectivity index is 0.000000818. The number of nitrogens with one attached hydrogen (secondary N) is 1. The van der Waals surface area contributed by atoms with Crippen molar-refractivity contribution in [3.63, 3.8) is 0 Å². The molecule has 0 saturated carbocycles. The smallest absolute Gasteiger partial charge is 0.258 e. The highest BCUT2D eigenvalue weighted by atomic mass is 35.7. The van der Waals surface area contributed by atoms with Crippen molar-refractivity contribution in [2.75, 3.05) is 0 Å². The lowest BCUT2D eigenvalue weighted by Crippen LogP contribution is -2.58. The fraction of sp³-hybridized carbons (Fsp3) is 0.0294. The van der Waals surface area contributed by atoms with Crippen LogP contribution in [0.4, 0.5) is 0 Å². The summed E-state index contributed by atoms with van der Waals surface area (Å²) >= 11 is 8.81. The number of hydrogen-bond donors (Lipinski definition) is 2. The van der Waals surface area contributed by atoms with Gasteiger partial charge in [-0.05, 0) is 67.6 Å². The maximum Gasteiger partial charge on any atom is 0.258 e. The molecule has 0 unspecified atom stereocenters. The highest BCUT2D eigenvalue weighted by molar-refractivity contribution is 8.06. The van der Waals surface area contributed by atoms with E-state index in [0.717, 1.165) is 20.8 Å². The summed E-state index contributed by atoms with van der Waals surface area (Å²) in [7, 11) is -7.34. The first kappa shape index (κ1) is 33.4. The molecule has 224 valence electrons. The Morgan fingerprint density at radius 1 is 0.682 bits per heavy atom. The van der Waals surface area contributed by atoms with Crippen LogP contribution in [0, 0.1) is 17.2 Å². The van der Waals surface area contributed by atoms with Crippen LogP contribution in [0.1, 0.15) is 15.9 Å². The van der Waals surface area contributed by atoms with Crippen LogP contribution in [0.25, 0.3) is 0 Å². The van der Waals surface area contributed by atoms with E-state index in [0.29, 0.717) is 15.4 Å². The quantitative estimate of drug-likeness (QED) is 0.193. The molecule has 0 aliphatic rings. The number of carbonyl (C=O) groups is 1. The van der Waals surface area contributed by atoms with Crippen molar-refractivity contribution < 1.29 is 33.7 Å². The number of aryl methyl sites for hydroxylation is 1. The second-order valence-electron chi connectivity index (χ2n) is 9.43. The second-order valence-corrected chi connectivity index (χ2v) is 15.2. The normalized spacial score (nSPS) is 12.0. The summed E-state index contributed by atoms with van der Waals surface area (Å²) in [5.41, 5.74) is 2.47. The van der Waals surface area contributed by atoms with Gasteiger partial charge in [-0.15, -0.1) is 0 Å². The van der Waals surface area contributed by atoms with Crippen molar-refractivity contribution in [2.24, 2.45) is 0 Å². The number of rotatable bonds is 8. The molecule has 0 atom stereocenters. The third-order valence-corrected chi connectivity index (χ3v) is 12.3. The van der Waals surface area contributed by atoms with Gasteiger partial charge in [-0.1, -0.05) is 114 Å². The molecule has 0 aliphatic carbocycles. The Hall–Kier alpha value is -3.49. The Kier molecular flexibility index (Phi) is 11.8. The highest BCUT2D eigenvalue weighted by Crippen LogP contribution is 2.64. The van der Waals surface area contributed by atoms with Gasteiger partial charge in [-0.3, -0.25) is 10.1 Å². The van der Waals surface area contributed by atoms with Gasteiger partial charge in [0.15, 0.2) is 7.26 Å². The molecule has 5 aromatic rings. The van der Waals surface area contributed by atoms with Crippen molar-refractivity contribution >= 4 is 52.4 Å². The molecule has 0 heterocycles. The van der Waals surface area contributed by atoms with E-state index < -0.39 is 17.5 Å². The fourth-order valence-electron chi connectivity index (χ4n) is 4.58. The molecule has 44 heavy (non-hydrogen) atoms. The molecule has 2 N–H and O–H groups in total. The molecule has 0 saturated heterocycles. The van der Waals surface area contributed by atoms with Gasteiger partial charge >= 0.3 is 0 Å². The predicted molar refractivity (Wildman–Crippen MR) is 171 cm³/mol. The molecule has 0 bridgehead atoms. The number of hydrogen-bond acceptors (Lipinski definition) is 6. The lowest BCUT2D eigenvalue weighted by Gasteiger charge is -2.30. The van der Waals surface area contributed by atoms with E-state index in [9.17, 15) is 4.79 Å². The lowest BCUT2D eigenvalue weighted by atomic mass is 10.2. The predicted octanol–water partition coefficient (Wildman–Crippen LogP) is 3.75. The van der Waals surface area contributed by atoms with Gasteiger partial charge in [-0.25, -0.2) is 0 Å². The summed E-state index contributed by atoms with van der Waals surface area (Å²) < 4.78 is 33.3. The lowest BCUT2D eigenvalue weighted by molar-refractivity contribution is -1.92. The molecule has 0 radical (unpaired) electrons. The standard InChI is InChI=1S/C34H27ClNOPS.ClHO4/c1-26-22-24-31(25-23-26)39-32(35)34(36-33(37)27-14-6-2-7-15-27)38(28-16-8-3-9-17-28,29-18-10-4-11-19-29)30-20-12-5-13-21-30;2-1(3,4)5/h2-25H,1H3;(H,2,3,4,5)/p+1/b34-32-;. The van der Waals surface area contributed by atoms with Crippen LogP contribution in [0.15, 0.2) is 160 Å². The first-order valence-electron chi connectivity index (χ1n) is 13.3. The first-order chi connectivity index (χ1) is 21.1. The van der Waals surface area contributed by atoms with Crippen molar-refractivity contribution in [3.8, 4) is 0 Å². The monoisotopic (exact) mass is 664 g/mol. The minimum Gasteiger partial charge on any atom is -0.290 e. The summed E-state index contributed by atoms with van der Waals surface area (Å²) in [5.74, 6) is -0.194. The summed E-state index contributed by atoms with van der Waals surface area (Å²) in [4.78, 5) is 14.8. The number of carbonyl (C=O) groups excluding carboxylic acids is 1. The SMILES string of the molecule is Cc1ccc(S/C(Cl)=C(/NC(=O)c2ccccc2)[P+](c2ccccc2)(c2ccccc2)c2ccccc2)cc1.[O-][Cl+3]([O-])([O-])O. The number of halogens is 2. The third-order valence-electron chi connectivity index (χ3n) is 6.45. The van der Waals surface area contributed by atoms with Crippen LogP contribution in [0.2, 0.25) is 0 Å². The van der Waals surface area contributed by atoms with E-state index in [-0.39, 0.29) is 5.91 Å². The highest BCUT2D eigenvalue weighted by Gasteiger charge is 2.52. The first-order valence-corrected chi connectivity index (χ1v) is 17.5. The van der Waals surface area contributed by atoms with Gasteiger partial charge in [0.25, 0.3) is 5.91 Å². The van der Waals surface area contributed by atoms with Gasteiger partial charge < -0.3 is 0 Å². The van der Waals surface area contributed by atoms with Crippen LogP contribution in [-0.2, 0) is 0 Å². The van der Waals surface area contributed by atoms with Crippen molar-refractivity contribution in [1.82, 2.24) is 5.32 Å². The minimum atomic E-state index is -4.69. The van der Waals surface area contributed by atoms with Gasteiger partial charge in [0.2, 0.25) is 5.44 Å². The van der Waals surface area contributed by atoms with E-state index in [1.165, 1.54) is 17.3 Å². The fourth-order valence-corrected chi connectivity index (χ4v) is 10.5. The zero-order chi connectivity index (χ0) is 31.6. The zero-order valence-corrected chi connectivity index (χ0v) is 26.8. The average Bonchev–Trinajstić information content (AvgIpc) is 3.03. The van der Waals surface area contributed by atoms with Gasteiger partial charge in [0.05, 0.1) is 14.9 Å². The second kappa shape index (κ2) is 15.5. The molecule has 0 fully saturated rings. The van der Waals surface area contributed by atoms with Crippen molar-refractivity contribution in [1.29, 1.82) is 0 Å². The van der Waals surface area contributed by atoms with E-state index in [1.807, 2.05) is 84.9 Å². The van der Waals surface area contributed by atoms with Crippen molar-refractivity contribution in [3.05, 3.63) is 167 Å². The number of thioether (sulfide) groups is 1. The molecule has 10 heteroatoms. The molecule has 5 rings (SSSR count). The molecular weight excluding hydrogens is 636 g/mol. The van der Waals surface area contributed by atoms with Gasteiger partial charge in [0.1, 0.15) is 20.3 Å². The largest absolute Gasteiger partial charge is 0.290 e. The van der Waals surface area contributed by atoms with Crippen molar-refractivity contribution in [2.45, 2.75) is 11.8 Å². The summed E-state index contributed by atoms with van der Waals surface area (Å²) in [5, 5.41) is 6.65. The van der Waals surface area contributed by atoms with E-state index in [4.69, 9.17) is 30.2 Å². The topological polar surface area (TPSA) is 119 Å². The molecule has 0 aliphatic heterocycles. The van der Waals surface area contributed by atoms with Crippen LogP contribution >= 0.6 is 30.6 Å². The van der Waals surface area contributed by atoms with Crippen LogP contribution < -0.4 is 35.2 Å². The Labute approximate surface area is 268 Å². The van der Waals surface area contributed by atoms with Crippen LogP contribution in [0.5, 0.6) is 0 Å².